The highest BCUT2D eigenvalue weighted by molar-refractivity contribution is 6.61. The summed E-state index contributed by atoms with van der Waals surface area (Å²) in [4.78, 5) is 0. The predicted octanol–water partition coefficient (Wildman–Crippen LogP) is 1.98. The SMILES string of the molecule is CCCCn1cc(B2OC(C)(C)C(C)(C)O2)cn1. The summed E-state index contributed by atoms with van der Waals surface area (Å²) in [5, 5.41) is 4.35. The smallest absolute Gasteiger partial charge is 0.399 e. The molecule has 1 aliphatic rings. The molecule has 1 fully saturated rings. The van der Waals surface area contributed by atoms with Gasteiger partial charge in [-0.3, -0.25) is 4.68 Å². The second-order valence-corrected chi connectivity index (χ2v) is 5.98. The van der Waals surface area contributed by atoms with Crippen molar-refractivity contribution in [2.75, 3.05) is 0 Å². The topological polar surface area (TPSA) is 36.3 Å². The molecule has 0 N–H and O–H groups in total. The van der Waals surface area contributed by atoms with Gasteiger partial charge in [0.1, 0.15) is 0 Å². The minimum atomic E-state index is -0.301. The van der Waals surface area contributed by atoms with Crippen LogP contribution in [0.1, 0.15) is 47.5 Å². The molecule has 0 atom stereocenters. The summed E-state index contributed by atoms with van der Waals surface area (Å²) in [6, 6.07) is 0. The molecule has 0 amide bonds. The standard InChI is InChI=1S/C13H23BN2O2/c1-6-7-8-16-10-11(9-15-16)14-17-12(2,3)13(4,5)18-14/h9-10H,6-8H2,1-5H3. The molecule has 2 heterocycles. The van der Waals surface area contributed by atoms with Crippen LogP contribution < -0.4 is 5.46 Å². The minimum Gasteiger partial charge on any atom is -0.399 e. The number of hydrogen-bond donors (Lipinski definition) is 0. The third kappa shape index (κ3) is 2.47. The van der Waals surface area contributed by atoms with Gasteiger partial charge in [-0.1, -0.05) is 13.3 Å². The molecule has 100 valence electrons. The van der Waals surface area contributed by atoms with Crippen LogP contribution in [-0.4, -0.2) is 28.1 Å². The quantitative estimate of drug-likeness (QED) is 0.766. The highest BCUT2D eigenvalue weighted by atomic mass is 16.7. The van der Waals surface area contributed by atoms with Gasteiger partial charge in [0.25, 0.3) is 0 Å². The van der Waals surface area contributed by atoms with Gasteiger partial charge in [-0.05, 0) is 34.1 Å². The Kier molecular flexibility index (Phi) is 3.56. The van der Waals surface area contributed by atoms with Crippen molar-refractivity contribution in [2.24, 2.45) is 0 Å². The van der Waals surface area contributed by atoms with E-state index in [0.29, 0.717) is 0 Å². The lowest BCUT2D eigenvalue weighted by atomic mass is 9.82. The van der Waals surface area contributed by atoms with Crippen molar-refractivity contribution in [1.82, 2.24) is 9.78 Å². The highest BCUT2D eigenvalue weighted by Crippen LogP contribution is 2.36. The van der Waals surface area contributed by atoms with Gasteiger partial charge in [0, 0.05) is 24.4 Å². The van der Waals surface area contributed by atoms with Crippen LogP contribution in [0.15, 0.2) is 12.4 Å². The maximum atomic E-state index is 5.99. The summed E-state index contributed by atoms with van der Waals surface area (Å²) in [5.74, 6) is 0. The van der Waals surface area contributed by atoms with Crippen molar-refractivity contribution in [3.63, 3.8) is 0 Å². The zero-order valence-corrected chi connectivity index (χ0v) is 12.1. The first-order chi connectivity index (χ1) is 8.36. The fourth-order valence-corrected chi connectivity index (χ4v) is 1.92. The Morgan fingerprint density at radius 1 is 1.22 bits per heavy atom. The maximum Gasteiger partial charge on any atom is 0.498 e. The Morgan fingerprint density at radius 2 is 1.83 bits per heavy atom. The Bertz CT molecular complexity index is 399. The summed E-state index contributed by atoms with van der Waals surface area (Å²) >= 11 is 0. The van der Waals surface area contributed by atoms with E-state index in [-0.39, 0.29) is 18.3 Å². The van der Waals surface area contributed by atoms with Crippen molar-refractivity contribution < 1.29 is 9.31 Å². The number of rotatable bonds is 4. The zero-order valence-electron chi connectivity index (χ0n) is 12.1. The van der Waals surface area contributed by atoms with Gasteiger partial charge in [-0.2, -0.15) is 5.10 Å². The zero-order chi connectivity index (χ0) is 13.4. The first-order valence-electron chi connectivity index (χ1n) is 6.74. The third-order valence-corrected chi connectivity index (χ3v) is 3.92. The van der Waals surface area contributed by atoms with E-state index >= 15 is 0 Å². The number of nitrogens with zero attached hydrogens (tertiary/aromatic N) is 2. The Morgan fingerprint density at radius 3 is 2.39 bits per heavy atom. The highest BCUT2D eigenvalue weighted by Gasteiger charge is 2.52. The number of aromatic nitrogens is 2. The van der Waals surface area contributed by atoms with E-state index in [2.05, 4.69) is 39.7 Å². The molecule has 0 aromatic carbocycles. The molecular weight excluding hydrogens is 227 g/mol. The van der Waals surface area contributed by atoms with Crippen LogP contribution in [0.4, 0.5) is 0 Å². The van der Waals surface area contributed by atoms with E-state index in [0.717, 1.165) is 18.4 Å². The van der Waals surface area contributed by atoms with Crippen LogP contribution in [0.2, 0.25) is 0 Å². The predicted molar refractivity (Wildman–Crippen MR) is 72.9 cm³/mol. The summed E-state index contributed by atoms with van der Waals surface area (Å²) in [5.41, 5.74) is 0.427. The summed E-state index contributed by atoms with van der Waals surface area (Å²) in [6.07, 6.45) is 6.19. The van der Waals surface area contributed by atoms with Crippen molar-refractivity contribution in [3.05, 3.63) is 12.4 Å². The van der Waals surface area contributed by atoms with Gasteiger partial charge in [-0.25, -0.2) is 0 Å². The van der Waals surface area contributed by atoms with E-state index < -0.39 is 0 Å². The molecule has 5 heteroatoms. The largest absolute Gasteiger partial charge is 0.498 e. The summed E-state index contributed by atoms with van der Waals surface area (Å²) in [6.45, 7) is 11.4. The van der Waals surface area contributed by atoms with Crippen molar-refractivity contribution in [1.29, 1.82) is 0 Å². The molecule has 1 aromatic rings. The van der Waals surface area contributed by atoms with E-state index in [1.807, 2.05) is 17.1 Å². The second-order valence-electron chi connectivity index (χ2n) is 5.98. The molecule has 0 radical (unpaired) electrons. The summed E-state index contributed by atoms with van der Waals surface area (Å²) < 4.78 is 13.9. The van der Waals surface area contributed by atoms with Gasteiger partial charge in [0.05, 0.1) is 11.2 Å². The molecule has 0 spiro atoms. The van der Waals surface area contributed by atoms with Crippen LogP contribution in [0.5, 0.6) is 0 Å². The molecule has 18 heavy (non-hydrogen) atoms. The fraction of sp³-hybridized carbons (Fsp3) is 0.769. The Labute approximate surface area is 110 Å². The molecule has 0 aliphatic carbocycles. The van der Waals surface area contributed by atoms with E-state index in [9.17, 15) is 0 Å². The average Bonchev–Trinajstić information content (AvgIpc) is 2.80. The monoisotopic (exact) mass is 250 g/mol. The van der Waals surface area contributed by atoms with Crippen molar-refractivity contribution in [2.45, 2.75) is 65.2 Å². The molecule has 0 saturated carbocycles. The van der Waals surface area contributed by atoms with E-state index in [1.54, 1.807) is 0 Å². The molecule has 0 bridgehead atoms. The maximum absolute atomic E-state index is 5.99. The van der Waals surface area contributed by atoms with Gasteiger partial charge < -0.3 is 9.31 Å². The lowest BCUT2D eigenvalue weighted by Gasteiger charge is -2.32. The van der Waals surface area contributed by atoms with Crippen LogP contribution in [0.3, 0.4) is 0 Å². The van der Waals surface area contributed by atoms with Crippen LogP contribution in [0.25, 0.3) is 0 Å². The molecule has 1 aliphatic heterocycles. The van der Waals surface area contributed by atoms with E-state index in [1.165, 1.54) is 6.42 Å². The molecule has 1 saturated heterocycles. The van der Waals surface area contributed by atoms with Gasteiger partial charge >= 0.3 is 7.12 Å². The second kappa shape index (κ2) is 4.70. The normalized spacial score (nSPS) is 21.5. The van der Waals surface area contributed by atoms with Crippen LogP contribution in [0, 0.1) is 0 Å². The minimum absolute atomic E-state index is 0.289. The Balaban J connectivity index is 2.07. The molecule has 1 aromatic heterocycles. The first kappa shape index (κ1) is 13.6. The molecular formula is C13H23BN2O2. The van der Waals surface area contributed by atoms with Crippen molar-refractivity contribution >= 4 is 12.6 Å². The number of aryl methyl sites for hydroxylation is 1. The summed E-state index contributed by atoms with van der Waals surface area (Å²) in [7, 11) is -0.301. The van der Waals surface area contributed by atoms with Gasteiger partial charge in [0.15, 0.2) is 0 Å². The number of hydrogen-bond acceptors (Lipinski definition) is 3. The van der Waals surface area contributed by atoms with Gasteiger partial charge in [0.2, 0.25) is 0 Å². The molecule has 0 unspecified atom stereocenters. The lowest BCUT2D eigenvalue weighted by molar-refractivity contribution is 0.00578. The van der Waals surface area contributed by atoms with Crippen molar-refractivity contribution in [3.8, 4) is 0 Å². The van der Waals surface area contributed by atoms with Crippen LogP contribution >= 0.6 is 0 Å². The van der Waals surface area contributed by atoms with Crippen LogP contribution in [-0.2, 0) is 15.9 Å². The first-order valence-corrected chi connectivity index (χ1v) is 6.74. The Hall–Kier alpha value is -0.805. The lowest BCUT2D eigenvalue weighted by Crippen LogP contribution is -2.41. The molecule has 4 nitrogen and oxygen atoms in total. The molecule has 2 rings (SSSR count). The van der Waals surface area contributed by atoms with E-state index in [4.69, 9.17) is 9.31 Å². The number of unbranched alkanes of at least 4 members (excludes halogenated alkanes) is 1. The van der Waals surface area contributed by atoms with Gasteiger partial charge in [-0.15, -0.1) is 0 Å². The fourth-order valence-electron chi connectivity index (χ4n) is 1.92. The third-order valence-electron chi connectivity index (χ3n) is 3.92. The average molecular weight is 250 g/mol.